The van der Waals surface area contributed by atoms with E-state index >= 15 is 0 Å². The first-order valence-electron chi connectivity index (χ1n) is 7.42. The molecule has 0 atom stereocenters. The van der Waals surface area contributed by atoms with Gasteiger partial charge in [0.25, 0.3) is 0 Å². The van der Waals surface area contributed by atoms with Crippen molar-refractivity contribution in [3.8, 4) is 0 Å². The van der Waals surface area contributed by atoms with Crippen LogP contribution in [0.15, 0.2) is 30.3 Å². The number of nitrogens with zero attached hydrogens (tertiary/aromatic N) is 2. The van der Waals surface area contributed by atoms with Gasteiger partial charge in [0.05, 0.1) is 0 Å². The largest absolute Gasteiger partial charge is 0.351 e. The van der Waals surface area contributed by atoms with Gasteiger partial charge in [-0.25, -0.2) is 4.79 Å². The normalized spacial score (nSPS) is 10.5. The highest BCUT2D eigenvalue weighted by Crippen LogP contribution is 2.13. The van der Waals surface area contributed by atoms with E-state index in [1.807, 2.05) is 30.3 Å². The number of primary amides is 1. The van der Waals surface area contributed by atoms with Crippen LogP contribution in [0.25, 0.3) is 0 Å². The average molecular weight is 358 g/mol. The molecule has 0 aliphatic carbocycles. The minimum absolute atomic E-state index is 0. The number of nitrogens with two attached hydrogens (primary N) is 1. The molecule has 0 radical (unpaired) electrons. The molecule has 1 aromatic rings. The van der Waals surface area contributed by atoms with Gasteiger partial charge in [-0.2, -0.15) is 0 Å². The van der Waals surface area contributed by atoms with E-state index in [2.05, 4.69) is 25.7 Å². The van der Waals surface area contributed by atoms with Gasteiger partial charge >= 0.3 is 6.03 Å². The van der Waals surface area contributed by atoms with Gasteiger partial charge < -0.3 is 5.73 Å². The van der Waals surface area contributed by atoms with Crippen LogP contribution in [0, 0.1) is 0 Å². The Labute approximate surface area is 139 Å². The molecule has 0 spiro atoms. The monoisotopic (exact) mass is 357 g/mol. The Balaban J connectivity index is 0.00000400. The predicted molar refractivity (Wildman–Crippen MR) is 95.3 cm³/mol. The van der Waals surface area contributed by atoms with Crippen molar-refractivity contribution in [2.24, 2.45) is 5.73 Å². The molecule has 0 saturated heterocycles. The lowest BCUT2D eigenvalue weighted by atomic mass is 10.2. The van der Waals surface area contributed by atoms with Gasteiger partial charge in [-0.15, -0.1) is 17.0 Å². The summed E-state index contributed by atoms with van der Waals surface area (Å²) in [4.78, 5) is 15.7. The minimum atomic E-state index is -0.393. The van der Waals surface area contributed by atoms with Crippen LogP contribution in [0.5, 0.6) is 0 Å². The number of unbranched alkanes of at least 4 members (excludes halogenated alkanes) is 1. The molecule has 1 rings (SSSR count). The molecule has 0 fully saturated rings. The first kappa shape index (κ1) is 19.9. The topological polar surface area (TPSA) is 49.6 Å². The second-order valence-corrected chi connectivity index (χ2v) is 5.31. The molecule has 120 valence electrons. The zero-order chi connectivity index (χ0) is 15.0. The number of rotatable bonds is 8. The van der Waals surface area contributed by atoms with Crippen molar-refractivity contribution < 1.29 is 4.79 Å². The molecule has 0 bridgehead atoms. The summed E-state index contributed by atoms with van der Waals surface area (Å²) in [6.45, 7) is 9.10. The summed E-state index contributed by atoms with van der Waals surface area (Å²) < 4.78 is 0. The highest BCUT2D eigenvalue weighted by molar-refractivity contribution is 8.93. The number of carbonyl (C=O) groups is 1. The van der Waals surface area contributed by atoms with E-state index in [1.165, 1.54) is 12.8 Å². The zero-order valence-electron chi connectivity index (χ0n) is 13.3. The Morgan fingerprint density at radius 3 is 2.24 bits per heavy atom. The van der Waals surface area contributed by atoms with Gasteiger partial charge in [-0.3, -0.25) is 9.80 Å². The van der Waals surface area contributed by atoms with Crippen molar-refractivity contribution in [3.63, 3.8) is 0 Å². The fourth-order valence-electron chi connectivity index (χ4n) is 2.19. The first-order chi connectivity index (χ1) is 9.56. The van der Waals surface area contributed by atoms with Crippen LogP contribution in [-0.4, -0.2) is 36.6 Å². The molecule has 4 nitrogen and oxygen atoms in total. The molecule has 0 aliphatic rings. The number of amides is 2. The second kappa shape index (κ2) is 10.6. The molecule has 2 amide bonds. The second-order valence-electron chi connectivity index (χ2n) is 5.31. The van der Waals surface area contributed by atoms with E-state index in [1.54, 1.807) is 4.90 Å². The number of carbonyl (C=O) groups excluding carboxylic acids is 1. The lowest BCUT2D eigenvalue weighted by Gasteiger charge is -2.29. The SMILES string of the molecule is Br.CCCCN(CCN(C(N)=O)c1ccccc1)C(C)C. The van der Waals surface area contributed by atoms with Crippen LogP contribution >= 0.6 is 17.0 Å². The summed E-state index contributed by atoms with van der Waals surface area (Å²) >= 11 is 0. The van der Waals surface area contributed by atoms with E-state index in [-0.39, 0.29) is 17.0 Å². The Hall–Kier alpha value is -1.07. The van der Waals surface area contributed by atoms with Gasteiger partial charge in [0.15, 0.2) is 0 Å². The van der Waals surface area contributed by atoms with Crippen LogP contribution in [0.3, 0.4) is 0 Å². The van der Waals surface area contributed by atoms with Crippen LogP contribution in [0.4, 0.5) is 10.5 Å². The molecular formula is C16H28BrN3O. The molecule has 5 heteroatoms. The fourth-order valence-corrected chi connectivity index (χ4v) is 2.19. The molecule has 21 heavy (non-hydrogen) atoms. The van der Waals surface area contributed by atoms with E-state index in [4.69, 9.17) is 5.73 Å². The maximum Gasteiger partial charge on any atom is 0.319 e. The van der Waals surface area contributed by atoms with Gasteiger partial charge in [-0.1, -0.05) is 31.5 Å². The van der Waals surface area contributed by atoms with Crippen molar-refractivity contribution >= 4 is 28.7 Å². The molecule has 0 unspecified atom stereocenters. The molecule has 0 saturated carbocycles. The molecule has 1 aromatic carbocycles. The minimum Gasteiger partial charge on any atom is -0.351 e. The Kier molecular flexibility index (Phi) is 10.1. The lowest BCUT2D eigenvalue weighted by Crippen LogP contribution is -2.43. The van der Waals surface area contributed by atoms with Crippen LogP contribution in [0.1, 0.15) is 33.6 Å². The number of halogens is 1. The van der Waals surface area contributed by atoms with Crippen molar-refractivity contribution in [3.05, 3.63) is 30.3 Å². The number of anilines is 1. The molecule has 2 N–H and O–H groups in total. The van der Waals surface area contributed by atoms with E-state index in [0.717, 1.165) is 18.8 Å². The third-order valence-corrected chi connectivity index (χ3v) is 3.47. The smallest absolute Gasteiger partial charge is 0.319 e. The van der Waals surface area contributed by atoms with Crippen molar-refractivity contribution in [1.29, 1.82) is 0 Å². The van der Waals surface area contributed by atoms with Crippen molar-refractivity contribution in [2.45, 2.75) is 39.7 Å². The number of benzene rings is 1. The third kappa shape index (κ3) is 6.96. The standard InChI is InChI=1S/C16H27N3O.BrH/c1-4-5-11-18(14(2)3)12-13-19(16(17)20)15-9-7-6-8-10-15;/h6-10,14H,4-5,11-13H2,1-3H3,(H2,17,20);1H. The van der Waals surface area contributed by atoms with E-state index in [0.29, 0.717) is 12.6 Å². The number of hydrogen-bond donors (Lipinski definition) is 1. The summed E-state index contributed by atoms with van der Waals surface area (Å²) in [5, 5.41) is 0. The number of hydrogen-bond acceptors (Lipinski definition) is 2. The summed E-state index contributed by atoms with van der Waals surface area (Å²) in [6.07, 6.45) is 2.36. The lowest BCUT2D eigenvalue weighted by molar-refractivity contribution is 0.220. The van der Waals surface area contributed by atoms with E-state index < -0.39 is 6.03 Å². The first-order valence-corrected chi connectivity index (χ1v) is 7.42. The average Bonchev–Trinajstić information content (AvgIpc) is 2.42. The van der Waals surface area contributed by atoms with Gasteiger partial charge in [-0.05, 0) is 38.9 Å². The van der Waals surface area contributed by atoms with Crippen LogP contribution in [-0.2, 0) is 0 Å². The van der Waals surface area contributed by atoms with Crippen molar-refractivity contribution in [2.75, 3.05) is 24.5 Å². The van der Waals surface area contributed by atoms with Crippen molar-refractivity contribution in [1.82, 2.24) is 4.90 Å². The van der Waals surface area contributed by atoms with Gasteiger partial charge in [0, 0.05) is 24.8 Å². The van der Waals surface area contributed by atoms with Gasteiger partial charge in [0.1, 0.15) is 0 Å². The quantitative estimate of drug-likeness (QED) is 0.771. The summed E-state index contributed by atoms with van der Waals surface area (Å²) in [6, 6.07) is 9.69. The maximum atomic E-state index is 11.6. The number of urea groups is 1. The van der Waals surface area contributed by atoms with Crippen LogP contribution in [0.2, 0.25) is 0 Å². The molecule has 0 heterocycles. The highest BCUT2D eigenvalue weighted by Gasteiger charge is 2.15. The Morgan fingerprint density at radius 1 is 1.14 bits per heavy atom. The summed E-state index contributed by atoms with van der Waals surface area (Å²) in [7, 11) is 0. The Bertz CT molecular complexity index is 398. The molecule has 0 aromatic heterocycles. The molecular weight excluding hydrogens is 330 g/mol. The Morgan fingerprint density at radius 2 is 1.76 bits per heavy atom. The van der Waals surface area contributed by atoms with Gasteiger partial charge in [0.2, 0.25) is 0 Å². The predicted octanol–water partition coefficient (Wildman–Crippen LogP) is 3.66. The number of para-hydroxylation sites is 1. The third-order valence-electron chi connectivity index (χ3n) is 3.47. The molecule has 0 aliphatic heterocycles. The maximum absolute atomic E-state index is 11.6. The van der Waals surface area contributed by atoms with Crippen LogP contribution < -0.4 is 10.6 Å². The highest BCUT2D eigenvalue weighted by atomic mass is 79.9. The van der Waals surface area contributed by atoms with E-state index in [9.17, 15) is 4.79 Å². The summed E-state index contributed by atoms with van der Waals surface area (Å²) in [5.41, 5.74) is 6.36. The fraction of sp³-hybridized carbons (Fsp3) is 0.562. The summed E-state index contributed by atoms with van der Waals surface area (Å²) in [5.74, 6) is 0. The zero-order valence-corrected chi connectivity index (χ0v) is 15.0.